The van der Waals surface area contributed by atoms with Crippen molar-refractivity contribution in [1.82, 2.24) is 0 Å². The summed E-state index contributed by atoms with van der Waals surface area (Å²) in [6.45, 7) is 5.94. The van der Waals surface area contributed by atoms with Crippen molar-refractivity contribution in [2.45, 2.75) is 25.5 Å². The van der Waals surface area contributed by atoms with Gasteiger partial charge in [-0.2, -0.15) is 5.26 Å². The Hall–Kier alpha value is -1.41. The van der Waals surface area contributed by atoms with Gasteiger partial charge in [0.1, 0.15) is 23.3 Å². The normalized spacial score (nSPS) is 11.8. The second-order valence-electron chi connectivity index (χ2n) is 4.41. The molecule has 1 aromatic rings. The minimum absolute atomic E-state index is 0.0554. The fourth-order valence-electron chi connectivity index (χ4n) is 1.02. The molecule has 1 rings (SSSR count). The average molecular weight is 254 g/mol. The van der Waals surface area contributed by atoms with Crippen molar-refractivity contribution in [3.05, 3.63) is 34.9 Å². The summed E-state index contributed by atoms with van der Waals surface area (Å²) in [6, 6.07) is 3.65. The third-order valence-electron chi connectivity index (χ3n) is 1.70. The number of halogens is 2. The highest BCUT2D eigenvalue weighted by Gasteiger charge is 2.11. The van der Waals surface area contributed by atoms with E-state index < -0.39 is 17.2 Å². The lowest BCUT2D eigenvalue weighted by atomic mass is 10.1. The predicted octanol–water partition coefficient (Wildman–Crippen LogP) is 3.70. The van der Waals surface area contributed by atoms with Crippen molar-refractivity contribution in [1.29, 1.82) is 5.26 Å². The van der Waals surface area contributed by atoms with Crippen LogP contribution >= 0.6 is 11.9 Å². The fourth-order valence-corrected chi connectivity index (χ4v) is 1.51. The lowest BCUT2D eigenvalue weighted by Crippen LogP contribution is -2.05. The first-order valence-electron chi connectivity index (χ1n) is 4.94. The van der Waals surface area contributed by atoms with Crippen molar-refractivity contribution in [3.63, 3.8) is 0 Å². The van der Waals surface area contributed by atoms with E-state index in [0.717, 1.165) is 12.1 Å². The molecular weight excluding hydrogens is 242 g/mol. The lowest BCUT2D eigenvalue weighted by Gasteiger charge is -2.12. The van der Waals surface area contributed by atoms with Crippen LogP contribution in [0.15, 0.2) is 16.5 Å². The van der Waals surface area contributed by atoms with Crippen LogP contribution in [0.25, 0.3) is 0 Å². The lowest BCUT2D eigenvalue weighted by molar-refractivity contribution is 0.576. The minimum atomic E-state index is -0.866. The zero-order valence-electron chi connectivity index (χ0n) is 9.79. The van der Waals surface area contributed by atoms with E-state index in [4.69, 9.17) is 5.26 Å². The van der Waals surface area contributed by atoms with Crippen molar-refractivity contribution in [3.8, 4) is 6.07 Å². The number of rotatable bonds is 2. The Labute approximate surface area is 103 Å². The molecule has 0 unspecified atom stereocenters. The number of nitrogens with zero attached hydrogens (tertiary/aromatic N) is 2. The molecular formula is C12H12F2N2S. The molecule has 17 heavy (non-hydrogen) atoms. The maximum absolute atomic E-state index is 13.2. The van der Waals surface area contributed by atoms with Crippen LogP contribution in [0.5, 0.6) is 0 Å². The molecule has 0 fully saturated rings. The van der Waals surface area contributed by atoms with Gasteiger partial charge >= 0.3 is 0 Å². The van der Waals surface area contributed by atoms with Gasteiger partial charge in [0.05, 0.1) is 0 Å². The van der Waals surface area contributed by atoms with E-state index in [2.05, 4.69) is 4.40 Å². The molecule has 5 heteroatoms. The van der Waals surface area contributed by atoms with Gasteiger partial charge in [0.15, 0.2) is 0 Å². The fraction of sp³-hybridized carbons (Fsp3) is 0.333. The molecule has 1 aromatic carbocycles. The summed E-state index contributed by atoms with van der Waals surface area (Å²) in [6.07, 6.45) is 1.38. The van der Waals surface area contributed by atoms with Gasteiger partial charge in [-0.05, 0) is 50.4 Å². The van der Waals surface area contributed by atoms with Gasteiger partial charge in [-0.1, -0.05) is 0 Å². The van der Waals surface area contributed by atoms with Crippen molar-refractivity contribution < 1.29 is 8.78 Å². The molecule has 0 saturated heterocycles. The molecule has 0 heterocycles. The van der Waals surface area contributed by atoms with E-state index in [1.54, 1.807) is 0 Å². The highest BCUT2D eigenvalue weighted by molar-refractivity contribution is 7.99. The summed E-state index contributed by atoms with van der Waals surface area (Å²) in [5.74, 6) is -1.73. The van der Waals surface area contributed by atoms with Gasteiger partial charge in [-0.25, -0.2) is 13.2 Å². The SMILES string of the molecule is CC(C)(C)S/N=C/c1cc(F)c(C#N)c(F)c1. The quantitative estimate of drug-likeness (QED) is 0.596. The topological polar surface area (TPSA) is 36.1 Å². The van der Waals surface area contributed by atoms with E-state index in [0.29, 0.717) is 5.56 Å². The highest BCUT2D eigenvalue weighted by Crippen LogP contribution is 2.24. The van der Waals surface area contributed by atoms with Gasteiger partial charge in [0.25, 0.3) is 0 Å². The van der Waals surface area contributed by atoms with E-state index in [9.17, 15) is 8.78 Å². The van der Waals surface area contributed by atoms with Gasteiger partial charge in [-0.3, -0.25) is 0 Å². The van der Waals surface area contributed by atoms with Crippen molar-refractivity contribution in [2.24, 2.45) is 4.40 Å². The molecule has 2 nitrogen and oxygen atoms in total. The van der Waals surface area contributed by atoms with Crippen LogP contribution in [0.4, 0.5) is 8.78 Å². The van der Waals surface area contributed by atoms with Gasteiger partial charge in [0.2, 0.25) is 0 Å². The monoisotopic (exact) mass is 254 g/mol. The average Bonchev–Trinajstić information content (AvgIpc) is 2.15. The predicted molar refractivity (Wildman–Crippen MR) is 66.0 cm³/mol. The molecule has 0 spiro atoms. The first kappa shape index (κ1) is 13.7. The Balaban J connectivity index is 2.92. The summed E-state index contributed by atoms with van der Waals surface area (Å²) in [5.41, 5.74) is -0.263. The second-order valence-corrected chi connectivity index (χ2v) is 6.03. The molecule has 0 bridgehead atoms. The Morgan fingerprint density at radius 2 is 1.82 bits per heavy atom. The molecule has 0 aliphatic rings. The minimum Gasteiger partial charge on any atom is -0.223 e. The molecule has 0 N–H and O–H groups in total. The third kappa shape index (κ3) is 4.16. The first-order valence-corrected chi connectivity index (χ1v) is 5.71. The van der Waals surface area contributed by atoms with Crippen LogP contribution in [-0.2, 0) is 0 Å². The molecule has 0 radical (unpaired) electrons. The van der Waals surface area contributed by atoms with Crippen molar-refractivity contribution in [2.75, 3.05) is 0 Å². The Morgan fingerprint density at radius 1 is 1.29 bits per heavy atom. The van der Waals surface area contributed by atoms with Crippen LogP contribution in [0.3, 0.4) is 0 Å². The van der Waals surface area contributed by atoms with E-state index in [1.165, 1.54) is 24.2 Å². The zero-order chi connectivity index (χ0) is 13.1. The molecule has 0 atom stereocenters. The van der Waals surface area contributed by atoms with E-state index in [-0.39, 0.29) is 4.75 Å². The second kappa shape index (κ2) is 5.28. The van der Waals surface area contributed by atoms with Crippen LogP contribution in [-0.4, -0.2) is 11.0 Å². The largest absolute Gasteiger partial charge is 0.223 e. The first-order chi connectivity index (χ1) is 7.83. The van der Waals surface area contributed by atoms with Crippen molar-refractivity contribution >= 4 is 18.2 Å². The van der Waals surface area contributed by atoms with Gasteiger partial charge in [0, 0.05) is 11.0 Å². The molecule has 0 amide bonds. The summed E-state index contributed by atoms with van der Waals surface area (Å²) < 4.78 is 30.5. The third-order valence-corrected chi connectivity index (χ3v) is 2.46. The maximum Gasteiger partial charge on any atom is 0.144 e. The van der Waals surface area contributed by atoms with E-state index in [1.807, 2.05) is 20.8 Å². The molecule has 0 aliphatic carbocycles. The molecule has 90 valence electrons. The van der Waals surface area contributed by atoms with Crippen LogP contribution in [0.2, 0.25) is 0 Å². The highest BCUT2D eigenvalue weighted by atomic mass is 32.2. The smallest absolute Gasteiger partial charge is 0.144 e. The molecule has 0 aliphatic heterocycles. The molecule has 0 saturated carbocycles. The Morgan fingerprint density at radius 3 is 2.24 bits per heavy atom. The summed E-state index contributed by atoms with van der Waals surface area (Å²) in [7, 11) is 0. The maximum atomic E-state index is 13.2. The van der Waals surface area contributed by atoms with Crippen LogP contribution < -0.4 is 0 Å². The van der Waals surface area contributed by atoms with Crippen LogP contribution in [0, 0.1) is 23.0 Å². The number of nitriles is 1. The van der Waals surface area contributed by atoms with E-state index >= 15 is 0 Å². The zero-order valence-corrected chi connectivity index (χ0v) is 10.6. The number of hydrogen-bond donors (Lipinski definition) is 0. The molecule has 0 aromatic heterocycles. The number of benzene rings is 1. The summed E-state index contributed by atoms with van der Waals surface area (Å²) in [4.78, 5) is 0. The van der Waals surface area contributed by atoms with Gasteiger partial charge in [-0.15, -0.1) is 0 Å². The summed E-state index contributed by atoms with van der Waals surface area (Å²) in [5, 5.41) is 8.51. The van der Waals surface area contributed by atoms with Gasteiger partial charge < -0.3 is 0 Å². The Bertz CT molecular complexity index is 461. The summed E-state index contributed by atoms with van der Waals surface area (Å²) >= 11 is 1.31. The van der Waals surface area contributed by atoms with Crippen LogP contribution in [0.1, 0.15) is 31.9 Å². The standard InChI is InChI=1S/C12H12F2N2S/c1-12(2,3)17-16-7-8-4-10(13)9(6-15)11(14)5-8/h4-5,7H,1-3H3/b16-7+. The Kier molecular flexibility index (Phi) is 4.24. The number of hydrogen-bond acceptors (Lipinski definition) is 3.